The number of carbonyl (C=O) groups excluding carboxylic acids is 1. The van der Waals surface area contributed by atoms with Gasteiger partial charge in [0.05, 0.1) is 5.52 Å². The molecule has 7 heteroatoms. The number of fused-ring (bicyclic) bond motifs is 1. The average molecular weight is 493 g/mol. The lowest BCUT2D eigenvalue weighted by molar-refractivity contribution is 0.0207. The van der Waals surface area contributed by atoms with Crippen molar-refractivity contribution in [3.63, 3.8) is 0 Å². The standard InChI is InChI=1S/C29H30F2N2O3/c1-5-6-11-26-32-24-17-21(30)16-23(31)27(24)33(26)18-19-12-14-20(15-13-19)22-9-7-8-10-25(22)35-28(34)36-29(2,3)4/h7-10,12-17H,5-6,11,18H2,1-4H3. The molecule has 0 radical (unpaired) electrons. The molecule has 4 aromatic rings. The highest BCUT2D eigenvalue weighted by Crippen LogP contribution is 2.31. The van der Waals surface area contributed by atoms with E-state index in [0.717, 1.165) is 41.4 Å². The van der Waals surface area contributed by atoms with E-state index in [1.165, 1.54) is 6.07 Å². The number of imidazole rings is 1. The molecule has 0 fully saturated rings. The van der Waals surface area contributed by atoms with E-state index in [2.05, 4.69) is 11.9 Å². The SMILES string of the molecule is CCCCc1nc2cc(F)cc(F)c2n1Cc1ccc(-c2ccccc2OC(=O)OC(C)(C)C)cc1. The molecule has 5 nitrogen and oxygen atoms in total. The van der Waals surface area contributed by atoms with Gasteiger partial charge in [-0.25, -0.2) is 18.6 Å². The van der Waals surface area contributed by atoms with E-state index in [1.54, 1.807) is 32.9 Å². The number of ether oxygens (including phenoxy) is 2. The van der Waals surface area contributed by atoms with Gasteiger partial charge >= 0.3 is 6.16 Å². The first-order valence-corrected chi connectivity index (χ1v) is 12.1. The van der Waals surface area contributed by atoms with Gasteiger partial charge in [0, 0.05) is 30.7 Å². The number of para-hydroxylation sites is 1. The maximum atomic E-state index is 14.7. The summed E-state index contributed by atoms with van der Waals surface area (Å²) in [6, 6.07) is 17.1. The Morgan fingerprint density at radius 1 is 1.03 bits per heavy atom. The highest BCUT2D eigenvalue weighted by Gasteiger charge is 2.20. The number of aromatic nitrogens is 2. The Kier molecular flexibility index (Phi) is 7.38. The fourth-order valence-electron chi connectivity index (χ4n) is 4.06. The van der Waals surface area contributed by atoms with Gasteiger partial charge in [-0.1, -0.05) is 55.8 Å². The van der Waals surface area contributed by atoms with Crippen molar-refractivity contribution in [2.45, 2.75) is 59.1 Å². The van der Waals surface area contributed by atoms with Gasteiger partial charge in [-0.2, -0.15) is 0 Å². The van der Waals surface area contributed by atoms with Crippen LogP contribution in [0.2, 0.25) is 0 Å². The van der Waals surface area contributed by atoms with E-state index >= 15 is 0 Å². The van der Waals surface area contributed by atoms with Gasteiger partial charge in [0.2, 0.25) is 0 Å². The molecule has 1 heterocycles. The van der Waals surface area contributed by atoms with E-state index in [-0.39, 0.29) is 0 Å². The lowest BCUT2D eigenvalue weighted by atomic mass is 10.0. The minimum Gasteiger partial charge on any atom is -0.428 e. The summed E-state index contributed by atoms with van der Waals surface area (Å²) in [6.45, 7) is 7.81. The molecule has 1 aromatic heterocycles. The Morgan fingerprint density at radius 2 is 1.75 bits per heavy atom. The van der Waals surface area contributed by atoms with Crippen molar-refractivity contribution in [2.75, 3.05) is 0 Å². The smallest absolute Gasteiger partial charge is 0.428 e. The number of halogens is 2. The Hall–Kier alpha value is -3.74. The number of hydrogen-bond acceptors (Lipinski definition) is 4. The van der Waals surface area contributed by atoms with Gasteiger partial charge < -0.3 is 14.0 Å². The number of nitrogens with zero attached hydrogens (tertiary/aromatic N) is 2. The Morgan fingerprint density at radius 3 is 2.44 bits per heavy atom. The second kappa shape index (κ2) is 10.5. The first-order valence-electron chi connectivity index (χ1n) is 12.1. The van der Waals surface area contributed by atoms with Gasteiger partial charge in [-0.3, -0.25) is 0 Å². The number of unbranched alkanes of at least 4 members (excludes halogenated alkanes) is 1. The van der Waals surface area contributed by atoms with Gasteiger partial charge in [-0.05, 0) is 44.4 Å². The Balaban J connectivity index is 1.61. The molecule has 0 amide bonds. The van der Waals surface area contributed by atoms with Crippen molar-refractivity contribution in [2.24, 2.45) is 0 Å². The van der Waals surface area contributed by atoms with Crippen molar-refractivity contribution in [1.82, 2.24) is 9.55 Å². The molecule has 3 aromatic carbocycles. The van der Waals surface area contributed by atoms with Crippen molar-refractivity contribution in [1.29, 1.82) is 0 Å². The van der Waals surface area contributed by atoms with Crippen molar-refractivity contribution in [3.05, 3.63) is 83.7 Å². The number of benzene rings is 3. The van der Waals surface area contributed by atoms with Crippen LogP contribution in [0.3, 0.4) is 0 Å². The van der Waals surface area contributed by atoms with E-state index in [4.69, 9.17) is 9.47 Å². The second-order valence-electron chi connectivity index (χ2n) is 9.73. The largest absolute Gasteiger partial charge is 0.514 e. The molecule has 0 aliphatic carbocycles. The van der Waals surface area contributed by atoms with Gasteiger partial charge in [0.1, 0.15) is 28.5 Å². The minimum absolute atomic E-state index is 0.308. The molecule has 188 valence electrons. The van der Waals surface area contributed by atoms with Crippen LogP contribution in [0.4, 0.5) is 13.6 Å². The zero-order valence-electron chi connectivity index (χ0n) is 21.0. The molecule has 0 saturated heterocycles. The molecule has 0 N–H and O–H groups in total. The second-order valence-corrected chi connectivity index (χ2v) is 9.73. The predicted molar refractivity (Wildman–Crippen MR) is 136 cm³/mol. The lowest BCUT2D eigenvalue weighted by Crippen LogP contribution is -2.26. The quantitative estimate of drug-likeness (QED) is 0.196. The van der Waals surface area contributed by atoms with Crippen molar-refractivity contribution >= 4 is 17.2 Å². The van der Waals surface area contributed by atoms with E-state index in [9.17, 15) is 13.6 Å². The molecule has 0 aliphatic rings. The molecule has 0 aliphatic heterocycles. The molecule has 0 bridgehead atoms. The van der Waals surface area contributed by atoms with E-state index in [1.807, 2.05) is 41.0 Å². The summed E-state index contributed by atoms with van der Waals surface area (Å²) in [5.74, 6) is -0.129. The summed E-state index contributed by atoms with van der Waals surface area (Å²) in [5, 5.41) is 0. The fraction of sp³-hybridized carbons (Fsp3) is 0.310. The Labute approximate surface area is 209 Å². The maximum Gasteiger partial charge on any atom is 0.514 e. The zero-order chi connectivity index (χ0) is 25.9. The number of hydrogen-bond donors (Lipinski definition) is 0. The third-order valence-corrected chi connectivity index (χ3v) is 5.67. The van der Waals surface area contributed by atoms with Crippen LogP contribution in [0, 0.1) is 11.6 Å². The van der Waals surface area contributed by atoms with Gasteiger partial charge in [0.15, 0.2) is 5.82 Å². The van der Waals surface area contributed by atoms with Gasteiger partial charge in [0.25, 0.3) is 0 Å². The lowest BCUT2D eigenvalue weighted by Gasteiger charge is -2.19. The molecule has 0 spiro atoms. The van der Waals surface area contributed by atoms with Crippen LogP contribution in [0.15, 0.2) is 60.7 Å². The molecule has 0 atom stereocenters. The summed E-state index contributed by atoms with van der Waals surface area (Å²) in [7, 11) is 0. The minimum atomic E-state index is -0.767. The summed E-state index contributed by atoms with van der Waals surface area (Å²) < 4.78 is 41.1. The summed E-state index contributed by atoms with van der Waals surface area (Å²) in [6.07, 6.45) is 1.79. The van der Waals surface area contributed by atoms with Crippen LogP contribution >= 0.6 is 0 Å². The first kappa shape index (κ1) is 25.4. The molecular formula is C29H30F2N2O3. The van der Waals surface area contributed by atoms with Crippen LogP contribution in [-0.2, 0) is 17.7 Å². The van der Waals surface area contributed by atoms with E-state index in [0.29, 0.717) is 29.7 Å². The third kappa shape index (κ3) is 5.90. The monoisotopic (exact) mass is 492 g/mol. The predicted octanol–water partition coefficient (Wildman–Crippen LogP) is 7.69. The van der Waals surface area contributed by atoms with Crippen LogP contribution in [0.1, 0.15) is 51.9 Å². The Bertz CT molecular complexity index is 1370. The summed E-state index contributed by atoms with van der Waals surface area (Å²) in [4.78, 5) is 16.7. The molecule has 4 rings (SSSR count). The molecular weight excluding hydrogens is 462 g/mol. The van der Waals surface area contributed by atoms with Crippen LogP contribution < -0.4 is 4.74 Å². The third-order valence-electron chi connectivity index (χ3n) is 5.67. The molecule has 36 heavy (non-hydrogen) atoms. The fourth-order valence-corrected chi connectivity index (χ4v) is 4.06. The van der Waals surface area contributed by atoms with Crippen LogP contribution in [-0.4, -0.2) is 21.3 Å². The molecule has 0 unspecified atom stereocenters. The first-order chi connectivity index (χ1) is 17.1. The summed E-state index contributed by atoms with van der Waals surface area (Å²) >= 11 is 0. The van der Waals surface area contributed by atoms with Crippen molar-refractivity contribution in [3.8, 4) is 16.9 Å². The van der Waals surface area contributed by atoms with Crippen LogP contribution in [0.5, 0.6) is 5.75 Å². The number of carbonyl (C=O) groups is 1. The van der Waals surface area contributed by atoms with E-state index < -0.39 is 23.4 Å². The highest BCUT2D eigenvalue weighted by atomic mass is 19.1. The topological polar surface area (TPSA) is 53.4 Å². The highest BCUT2D eigenvalue weighted by molar-refractivity contribution is 5.77. The zero-order valence-corrected chi connectivity index (χ0v) is 21.0. The summed E-state index contributed by atoms with van der Waals surface area (Å²) in [5.41, 5.74) is 2.50. The molecule has 0 saturated carbocycles. The van der Waals surface area contributed by atoms with Crippen LogP contribution in [0.25, 0.3) is 22.2 Å². The van der Waals surface area contributed by atoms with Crippen molar-refractivity contribution < 1.29 is 23.0 Å². The number of aryl methyl sites for hydroxylation is 1. The maximum absolute atomic E-state index is 14.7. The normalized spacial score (nSPS) is 11.6. The number of rotatable bonds is 7. The average Bonchev–Trinajstić information content (AvgIpc) is 3.14. The van der Waals surface area contributed by atoms with Gasteiger partial charge in [-0.15, -0.1) is 0 Å².